The Hall–Kier alpha value is -3.09. The molecule has 1 atom stereocenters. The zero-order valence-corrected chi connectivity index (χ0v) is 18.7. The molecule has 166 valence electrons. The van der Waals surface area contributed by atoms with Gasteiger partial charge in [-0.1, -0.05) is 26.8 Å². The van der Waals surface area contributed by atoms with E-state index in [1.807, 2.05) is 37.8 Å². The van der Waals surface area contributed by atoms with Crippen molar-refractivity contribution in [2.75, 3.05) is 25.5 Å². The molecule has 2 aromatic rings. The van der Waals surface area contributed by atoms with Gasteiger partial charge in [-0.15, -0.1) is 0 Å². The van der Waals surface area contributed by atoms with E-state index in [-0.39, 0.29) is 17.7 Å². The monoisotopic (exact) mass is 425 g/mol. The SMILES string of the molecule is COc1ccc(NC(=O)C2CCCN(C(=O)C(C)(C)C)C2)cc1OCc1cccnc1. The number of carbonyl (C=O) groups is 2. The molecule has 1 aliphatic rings. The van der Waals surface area contributed by atoms with Crippen LogP contribution < -0.4 is 14.8 Å². The molecule has 0 aliphatic carbocycles. The summed E-state index contributed by atoms with van der Waals surface area (Å²) in [5.41, 5.74) is 1.12. The summed E-state index contributed by atoms with van der Waals surface area (Å²) in [5, 5.41) is 2.97. The molecular weight excluding hydrogens is 394 g/mol. The molecule has 1 unspecified atom stereocenters. The Labute approximate surface area is 183 Å². The van der Waals surface area contributed by atoms with Gasteiger partial charge in [-0.25, -0.2) is 0 Å². The first-order valence-electron chi connectivity index (χ1n) is 10.6. The molecule has 1 N–H and O–H groups in total. The number of aromatic nitrogens is 1. The van der Waals surface area contributed by atoms with Gasteiger partial charge < -0.3 is 19.7 Å². The molecule has 3 rings (SSSR count). The van der Waals surface area contributed by atoms with Crippen LogP contribution in [0, 0.1) is 11.3 Å². The Balaban J connectivity index is 1.66. The van der Waals surface area contributed by atoms with Gasteiger partial charge in [0.2, 0.25) is 11.8 Å². The van der Waals surface area contributed by atoms with Crippen LogP contribution in [0.1, 0.15) is 39.2 Å². The fourth-order valence-corrected chi connectivity index (χ4v) is 3.61. The summed E-state index contributed by atoms with van der Waals surface area (Å²) >= 11 is 0. The molecule has 1 aromatic carbocycles. The van der Waals surface area contributed by atoms with Crippen molar-refractivity contribution >= 4 is 17.5 Å². The molecule has 7 heteroatoms. The molecule has 0 radical (unpaired) electrons. The number of methoxy groups -OCH3 is 1. The molecule has 1 saturated heterocycles. The van der Waals surface area contributed by atoms with Crippen LogP contribution in [0.15, 0.2) is 42.7 Å². The minimum Gasteiger partial charge on any atom is -0.493 e. The van der Waals surface area contributed by atoms with Crippen molar-refractivity contribution in [3.05, 3.63) is 48.3 Å². The van der Waals surface area contributed by atoms with Crippen molar-refractivity contribution in [2.45, 2.75) is 40.2 Å². The number of benzene rings is 1. The molecule has 2 heterocycles. The van der Waals surface area contributed by atoms with Crippen molar-refractivity contribution < 1.29 is 19.1 Å². The molecule has 7 nitrogen and oxygen atoms in total. The van der Waals surface area contributed by atoms with Crippen molar-refractivity contribution in [1.29, 1.82) is 0 Å². The molecule has 31 heavy (non-hydrogen) atoms. The minimum atomic E-state index is -0.450. The maximum atomic E-state index is 12.9. The Bertz CT molecular complexity index is 909. The third kappa shape index (κ3) is 5.96. The lowest BCUT2D eigenvalue weighted by Crippen LogP contribution is -2.47. The van der Waals surface area contributed by atoms with E-state index in [4.69, 9.17) is 9.47 Å². The van der Waals surface area contributed by atoms with Gasteiger partial charge in [0.05, 0.1) is 13.0 Å². The molecule has 1 aromatic heterocycles. The highest BCUT2D eigenvalue weighted by molar-refractivity contribution is 5.93. The molecule has 1 aliphatic heterocycles. The van der Waals surface area contributed by atoms with Crippen LogP contribution in [0.2, 0.25) is 0 Å². The first kappa shape index (κ1) is 22.6. The van der Waals surface area contributed by atoms with E-state index in [0.717, 1.165) is 18.4 Å². The first-order valence-corrected chi connectivity index (χ1v) is 10.6. The second kappa shape index (κ2) is 9.81. The van der Waals surface area contributed by atoms with Gasteiger partial charge in [0.1, 0.15) is 6.61 Å². The van der Waals surface area contributed by atoms with Gasteiger partial charge in [0.15, 0.2) is 11.5 Å². The Kier molecular flexibility index (Phi) is 7.15. The van der Waals surface area contributed by atoms with Crippen molar-refractivity contribution in [3.8, 4) is 11.5 Å². The lowest BCUT2D eigenvalue weighted by atomic mass is 9.91. The van der Waals surface area contributed by atoms with Gasteiger partial charge in [0.25, 0.3) is 0 Å². The van der Waals surface area contributed by atoms with Gasteiger partial charge >= 0.3 is 0 Å². The van der Waals surface area contributed by atoms with E-state index < -0.39 is 5.41 Å². The Morgan fingerprint density at radius 1 is 1.23 bits per heavy atom. The smallest absolute Gasteiger partial charge is 0.229 e. The lowest BCUT2D eigenvalue weighted by Gasteiger charge is -2.35. The topological polar surface area (TPSA) is 80.8 Å². The zero-order chi connectivity index (χ0) is 22.4. The second-order valence-corrected chi connectivity index (χ2v) is 8.85. The van der Waals surface area contributed by atoms with Crippen LogP contribution in [0.5, 0.6) is 11.5 Å². The van der Waals surface area contributed by atoms with Crippen molar-refractivity contribution in [2.24, 2.45) is 11.3 Å². The minimum absolute atomic E-state index is 0.0838. The molecule has 0 bridgehead atoms. The molecule has 1 fully saturated rings. The standard InChI is InChI=1S/C24H31N3O4/c1-24(2,3)23(29)27-12-6-8-18(15-27)22(28)26-19-9-10-20(30-4)21(13-19)31-16-17-7-5-11-25-14-17/h5,7,9-11,13-14,18H,6,8,12,15-16H2,1-4H3,(H,26,28). The summed E-state index contributed by atoms with van der Waals surface area (Å²) in [4.78, 5) is 31.4. The van der Waals surface area contributed by atoms with Crippen LogP contribution in [0.4, 0.5) is 5.69 Å². The summed E-state index contributed by atoms with van der Waals surface area (Å²) in [7, 11) is 1.58. The fraction of sp³-hybridized carbons (Fsp3) is 0.458. The maximum Gasteiger partial charge on any atom is 0.229 e. The summed E-state index contributed by atoms with van der Waals surface area (Å²) in [6, 6.07) is 9.09. The highest BCUT2D eigenvalue weighted by Crippen LogP contribution is 2.31. The third-order valence-electron chi connectivity index (χ3n) is 5.27. The molecular formula is C24H31N3O4. The van der Waals surface area contributed by atoms with Crippen LogP contribution in [0.25, 0.3) is 0 Å². The number of ether oxygens (including phenoxy) is 2. The highest BCUT2D eigenvalue weighted by Gasteiger charge is 2.33. The fourth-order valence-electron chi connectivity index (χ4n) is 3.61. The van der Waals surface area contributed by atoms with Gasteiger partial charge in [0, 0.05) is 48.2 Å². The van der Waals surface area contributed by atoms with E-state index in [1.54, 1.807) is 37.7 Å². The lowest BCUT2D eigenvalue weighted by molar-refractivity contribution is -0.142. The van der Waals surface area contributed by atoms with Gasteiger partial charge in [-0.05, 0) is 31.0 Å². The Morgan fingerprint density at radius 3 is 2.71 bits per heavy atom. The van der Waals surface area contributed by atoms with E-state index >= 15 is 0 Å². The van der Waals surface area contributed by atoms with E-state index in [1.165, 1.54) is 0 Å². The summed E-state index contributed by atoms with van der Waals surface area (Å²) in [6.45, 7) is 7.21. The summed E-state index contributed by atoms with van der Waals surface area (Å²) < 4.78 is 11.3. The second-order valence-electron chi connectivity index (χ2n) is 8.85. The van der Waals surface area contributed by atoms with Crippen LogP contribution in [-0.2, 0) is 16.2 Å². The highest BCUT2D eigenvalue weighted by atomic mass is 16.5. The number of hydrogen-bond donors (Lipinski definition) is 1. The van der Waals surface area contributed by atoms with Crippen LogP contribution in [0.3, 0.4) is 0 Å². The van der Waals surface area contributed by atoms with Gasteiger partial charge in [-0.3, -0.25) is 14.6 Å². The number of nitrogens with zero attached hydrogens (tertiary/aromatic N) is 2. The van der Waals surface area contributed by atoms with Gasteiger partial charge in [-0.2, -0.15) is 0 Å². The number of rotatable bonds is 6. The number of anilines is 1. The van der Waals surface area contributed by atoms with E-state index in [2.05, 4.69) is 10.3 Å². The maximum absolute atomic E-state index is 12.9. The predicted molar refractivity (Wildman–Crippen MR) is 119 cm³/mol. The average molecular weight is 426 g/mol. The normalized spacial score (nSPS) is 16.5. The van der Waals surface area contributed by atoms with Crippen molar-refractivity contribution in [1.82, 2.24) is 9.88 Å². The van der Waals surface area contributed by atoms with Crippen molar-refractivity contribution in [3.63, 3.8) is 0 Å². The zero-order valence-electron chi connectivity index (χ0n) is 18.7. The number of pyridine rings is 1. The number of nitrogens with one attached hydrogen (secondary N) is 1. The molecule has 0 spiro atoms. The number of amides is 2. The first-order chi connectivity index (χ1) is 14.8. The quantitative estimate of drug-likeness (QED) is 0.759. The number of likely N-dealkylation sites (tertiary alicyclic amines) is 1. The van der Waals surface area contributed by atoms with Crippen LogP contribution >= 0.6 is 0 Å². The van der Waals surface area contributed by atoms with Crippen LogP contribution in [-0.4, -0.2) is 41.9 Å². The van der Waals surface area contributed by atoms with E-state index in [9.17, 15) is 9.59 Å². The Morgan fingerprint density at radius 2 is 2.03 bits per heavy atom. The number of piperidine rings is 1. The largest absolute Gasteiger partial charge is 0.493 e. The molecule has 2 amide bonds. The summed E-state index contributed by atoms with van der Waals surface area (Å²) in [5.74, 6) is 0.885. The predicted octanol–water partition coefficient (Wildman–Crippen LogP) is 3.89. The summed E-state index contributed by atoms with van der Waals surface area (Å²) in [6.07, 6.45) is 5.04. The van der Waals surface area contributed by atoms with E-state index in [0.29, 0.717) is 36.9 Å². The number of carbonyl (C=O) groups excluding carboxylic acids is 2. The molecule has 0 saturated carbocycles. The third-order valence-corrected chi connectivity index (χ3v) is 5.27. The average Bonchev–Trinajstić information content (AvgIpc) is 2.77. The number of hydrogen-bond acceptors (Lipinski definition) is 5.